The zero-order valence-corrected chi connectivity index (χ0v) is 12.9. The van der Waals surface area contributed by atoms with Crippen LogP contribution in [0.5, 0.6) is 0 Å². The minimum Gasteiger partial charge on any atom is -0.480 e. The number of halogens is 2. The molecule has 0 aliphatic rings. The molecule has 110 valence electrons. The van der Waals surface area contributed by atoms with E-state index in [4.69, 9.17) is 28.3 Å². The molecule has 2 N–H and O–H groups in total. The summed E-state index contributed by atoms with van der Waals surface area (Å²) in [6.45, 7) is -0.411. The number of aromatic nitrogens is 1. The Morgan fingerprint density at radius 1 is 1.29 bits per heavy atom. The fraction of sp³-hybridized carbons (Fsp3) is 0.154. The van der Waals surface area contributed by atoms with Crippen molar-refractivity contribution in [2.75, 3.05) is 6.54 Å². The van der Waals surface area contributed by atoms with E-state index < -0.39 is 18.4 Å². The van der Waals surface area contributed by atoms with Crippen LogP contribution in [-0.2, 0) is 16.0 Å². The van der Waals surface area contributed by atoms with E-state index in [2.05, 4.69) is 10.3 Å². The van der Waals surface area contributed by atoms with Crippen molar-refractivity contribution >= 4 is 46.4 Å². The zero-order chi connectivity index (χ0) is 15.4. The number of thiazole rings is 1. The lowest BCUT2D eigenvalue weighted by molar-refractivity contribution is -0.137. The number of hydrogen-bond acceptors (Lipinski definition) is 4. The maximum Gasteiger partial charge on any atom is 0.322 e. The fourth-order valence-corrected chi connectivity index (χ4v) is 3.19. The van der Waals surface area contributed by atoms with E-state index in [-0.39, 0.29) is 6.42 Å². The van der Waals surface area contributed by atoms with Gasteiger partial charge in [0.25, 0.3) is 0 Å². The van der Waals surface area contributed by atoms with Gasteiger partial charge in [0.2, 0.25) is 5.91 Å². The van der Waals surface area contributed by atoms with Crippen molar-refractivity contribution in [3.63, 3.8) is 0 Å². The van der Waals surface area contributed by atoms with Crippen LogP contribution >= 0.6 is 34.5 Å². The Balaban J connectivity index is 2.12. The number of hydrogen-bond donors (Lipinski definition) is 2. The maximum absolute atomic E-state index is 11.5. The van der Waals surface area contributed by atoms with Crippen LogP contribution in [0.3, 0.4) is 0 Å². The highest BCUT2D eigenvalue weighted by Crippen LogP contribution is 2.36. The number of nitrogens with zero attached hydrogens (tertiary/aromatic N) is 1. The van der Waals surface area contributed by atoms with Crippen molar-refractivity contribution in [2.45, 2.75) is 6.42 Å². The number of carbonyl (C=O) groups excluding carboxylic acids is 1. The van der Waals surface area contributed by atoms with Gasteiger partial charge in [-0.05, 0) is 12.1 Å². The van der Waals surface area contributed by atoms with Gasteiger partial charge in [-0.1, -0.05) is 29.3 Å². The molecule has 0 bridgehead atoms. The Morgan fingerprint density at radius 3 is 2.57 bits per heavy atom. The average Bonchev–Trinajstić information content (AvgIpc) is 2.84. The van der Waals surface area contributed by atoms with Crippen LogP contribution in [0.25, 0.3) is 10.6 Å². The first-order valence-corrected chi connectivity index (χ1v) is 7.48. The number of rotatable bonds is 5. The molecule has 0 radical (unpaired) electrons. The highest BCUT2D eigenvalue weighted by Gasteiger charge is 2.14. The summed E-state index contributed by atoms with van der Waals surface area (Å²) in [5, 5.41) is 14.1. The molecule has 0 saturated heterocycles. The highest BCUT2D eigenvalue weighted by molar-refractivity contribution is 7.13. The second-order valence-electron chi connectivity index (χ2n) is 4.09. The number of carboxylic acids is 1. The van der Waals surface area contributed by atoms with E-state index in [0.29, 0.717) is 26.3 Å². The molecular weight excluding hydrogens is 335 g/mol. The standard InChI is InChI=1S/C13H10Cl2N2O3S/c14-8-2-1-3-9(15)12(8)13-17-7(6-21-13)4-10(18)16-5-11(19)20/h1-3,6H,4-5H2,(H,16,18)(H,19,20). The van der Waals surface area contributed by atoms with Crippen LogP contribution in [0, 0.1) is 0 Å². The molecule has 1 aromatic carbocycles. The summed E-state index contributed by atoms with van der Waals surface area (Å²) in [7, 11) is 0. The summed E-state index contributed by atoms with van der Waals surface area (Å²) in [6, 6.07) is 5.16. The van der Waals surface area contributed by atoms with Crippen molar-refractivity contribution in [3.05, 3.63) is 39.3 Å². The number of nitrogens with one attached hydrogen (secondary N) is 1. The van der Waals surface area contributed by atoms with E-state index in [1.54, 1.807) is 23.6 Å². The van der Waals surface area contributed by atoms with Crippen LogP contribution in [-0.4, -0.2) is 28.5 Å². The summed E-state index contributed by atoms with van der Waals surface area (Å²) in [5.74, 6) is -1.50. The Labute approximate surface area is 134 Å². The van der Waals surface area contributed by atoms with Gasteiger partial charge in [0.15, 0.2) is 0 Å². The topological polar surface area (TPSA) is 79.3 Å². The van der Waals surface area contributed by atoms with Crippen molar-refractivity contribution in [3.8, 4) is 10.6 Å². The molecule has 0 spiro atoms. The van der Waals surface area contributed by atoms with Gasteiger partial charge >= 0.3 is 5.97 Å². The van der Waals surface area contributed by atoms with Crippen LogP contribution in [0.2, 0.25) is 10.0 Å². The number of amides is 1. The van der Waals surface area contributed by atoms with Crippen LogP contribution in [0.4, 0.5) is 0 Å². The lowest BCUT2D eigenvalue weighted by Crippen LogP contribution is -2.30. The van der Waals surface area contributed by atoms with Crippen LogP contribution < -0.4 is 5.32 Å². The molecule has 0 aliphatic heterocycles. The molecule has 2 aromatic rings. The molecule has 1 amide bonds. The summed E-state index contributed by atoms with van der Waals surface area (Å²) >= 11 is 13.5. The SMILES string of the molecule is O=C(O)CNC(=O)Cc1csc(-c2c(Cl)cccc2Cl)n1. The van der Waals surface area contributed by atoms with E-state index in [1.807, 2.05) is 0 Å². The molecule has 2 rings (SSSR count). The van der Waals surface area contributed by atoms with Gasteiger partial charge in [-0.25, -0.2) is 4.98 Å². The molecule has 0 unspecified atom stereocenters. The first kappa shape index (κ1) is 15.8. The lowest BCUT2D eigenvalue weighted by atomic mass is 10.2. The van der Waals surface area contributed by atoms with E-state index in [0.717, 1.165) is 0 Å². The Bertz CT molecular complexity index is 668. The van der Waals surface area contributed by atoms with Gasteiger partial charge < -0.3 is 10.4 Å². The Hall–Kier alpha value is -1.63. The normalized spacial score (nSPS) is 10.4. The van der Waals surface area contributed by atoms with Gasteiger partial charge in [0, 0.05) is 10.9 Å². The molecule has 5 nitrogen and oxygen atoms in total. The Morgan fingerprint density at radius 2 is 1.95 bits per heavy atom. The first-order chi connectivity index (χ1) is 9.97. The summed E-state index contributed by atoms with van der Waals surface area (Å²) < 4.78 is 0. The second kappa shape index (κ2) is 6.89. The predicted molar refractivity (Wildman–Crippen MR) is 81.9 cm³/mol. The number of aliphatic carboxylic acids is 1. The van der Waals surface area contributed by atoms with Crippen molar-refractivity contribution in [2.24, 2.45) is 0 Å². The molecule has 1 heterocycles. The van der Waals surface area contributed by atoms with Crippen molar-refractivity contribution in [1.29, 1.82) is 0 Å². The summed E-state index contributed by atoms with van der Waals surface area (Å²) in [6.07, 6.45) is 0.00581. The van der Waals surface area contributed by atoms with Crippen LogP contribution in [0.1, 0.15) is 5.69 Å². The highest BCUT2D eigenvalue weighted by atomic mass is 35.5. The largest absolute Gasteiger partial charge is 0.480 e. The predicted octanol–water partition coefficient (Wildman–Crippen LogP) is 2.86. The third-order valence-electron chi connectivity index (χ3n) is 2.51. The quantitative estimate of drug-likeness (QED) is 0.873. The summed E-state index contributed by atoms with van der Waals surface area (Å²) in [5.41, 5.74) is 1.16. The second-order valence-corrected chi connectivity index (χ2v) is 5.76. The zero-order valence-electron chi connectivity index (χ0n) is 10.6. The molecule has 0 saturated carbocycles. The molecule has 0 aliphatic carbocycles. The fourth-order valence-electron chi connectivity index (χ4n) is 1.61. The van der Waals surface area contributed by atoms with E-state index in [9.17, 15) is 9.59 Å². The molecule has 1 aromatic heterocycles. The maximum atomic E-state index is 11.5. The third-order valence-corrected chi connectivity index (χ3v) is 4.05. The molecule has 0 atom stereocenters. The lowest BCUT2D eigenvalue weighted by Gasteiger charge is -2.02. The average molecular weight is 345 g/mol. The molecule has 8 heteroatoms. The summed E-state index contributed by atoms with van der Waals surface area (Å²) in [4.78, 5) is 26.2. The van der Waals surface area contributed by atoms with Crippen molar-refractivity contribution < 1.29 is 14.7 Å². The van der Waals surface area contributed by atoms with Gasteiger partial charge in [0.05, 0.1) is 22.2 Å². The van der Waals surface area contributed by atoms with Crippen LogP contribution in [0.15, 0.2) is 23.6 Å². The minimum absolute atomic E-state index is 0.00581. The minimum atomic E-state index is -1.09. The van der Waals surface area contributed by atoms with Gasteiger partial charge in [0.1, 0.15) is 11.6 Å². The van der Waals surface area contributed by atoms with Gasteiger partial charge in [-0.15, -0.1) is 11.3 Å². The van der Waals surface area contributed by atoms with Crippen molar-refractivity contribution in [1.82, 2.24) is 10.3 Å². The number of carbonyl (C=O) groups is 2. The number of benzene rings is 1. The molecular formula is C13H10Cl2N2O3S. The third kappa shape index (κ3) is 4.17. The smallest absolute Gasteiger partial charge is 0.322 e. The monoisotopic (exact) mass is 344 g/mol. The molecule has 0 fully saturated rings. The van der Waals surface area contributed by atoms with E-state index in [1.165, 1.54) is 11.3 Å². The molecule has 21 heavy (non-hydrogen) atoms. The van der Waals surface area contributed by atoms with E-state index >= 15 is 0 Å². The van der Waals surface area contributed by atoms with Gasteiger partial charge in [-0.3, -0.25) is 9.59 Å². The Kier molecular flexibility index (Phi) is 5.17. The number of carboxylic acid groups (broad SMARTS) is 1. The van der Waals surface area contributed by atoms with Gasteiger partial charge in [-0.2, -0.15) is 0 Å². The first-order valence-electron chi connectivity index (χ1n) is 5.84.